The van der Waals surface area contributed by atoms with E-state index in [1.165, 1.54) is 22.3 Å². The fraction of sp³-hybridized carbons (Fsp3) is 0.409. The van der Waals surface area contributed by atoms with E-state index in [4.69, 9.17) is 9.97 Å². The van der Waals surface area contributed by atoms with Gasteiger partial charge >= 0.3 is 0 Å². The van der Waals surface area contributed by atoms with Crippen molar-refractivity contribution in [3.05, 3.63) is 52.7 Å². The SMILES string of the molecule is CSc1nc(N[C@@H]2CCC3=C(C2)c2ccccc2C3)n2ncc(C(C)C)c2n1. The fourth-order valence-corrected chi connectivity index (χ4v) is 4.81. The number of hydrogen-bond donors (Lipinski definition) is 1. The third-order valence-corrected chi connectivity index (χ3v) is 6.48. The Morgan fingerprint density at radius 1 is 1.21 bits per heavy atom. The number of aromatic nitrogens is 4. The summed E-state index contributed by atoms with van der Waals surface area (Å²) in [5.41, 5.74) is 8.17. The van der Waals surface area contributed by atoms with Gasteiger partial charge in [0.25, 0.3) is 0 Å². The van der Waals surface area contributed by atoms with Gasteiger partial charge in [-0.3, -0.25) is 0 Å². The summed E-state index contributed by atoms with van der Waals surface area (Å²) in [5.74, 6) is 1.19. The second kappa shape index (κ2) is 6.92. The Morgan fingerprint density at radius 3 is 2.89 bits per heavy atom. The van der Waals surface area contributed by atoms with E-state index in [0.717, 1.165) is 42.4 Å². The first-order valence-corrected chi connectivity index (χ1v) is 11.2. The molecule has 1 aromatic carbocycles. The summed E-state index contributed by atoms with van der Waals surface area (Å²) in [6.45, 7) is 4.36. The minimum absolute atomic E-state index is 0.365. The Kier molecular flexibility index (Phi) is 4.38. The lowest BCUT2D eigenvalue weighted by Crippen LogP contribution is -2.25. The van der Waals surface area contributed by atoms with Gasteiger partial charge < -0.3 is 5.32 Å². The normalized spacial score (nSPS) is 18.6. The van der Waals surface area contributed by atoms with Crippen molar-refractivity contribution in [3.63, 3.8) is 0 Å². The molecular formula is C22H25N5S. The van der Waals surface area contributed by atoms with Crippen molar-refractivity contribution in [2.24, 2.45) is 0 Å². The van der Waals surface area contributed by atoms with Crippen LogP contribution in [0.3, 0.4) is 0 Å². The summed E-state index contributed by atoms with van der Waals surface area (Å²) in [6.07, 6.45) is 8.41. The van der Waals surface area contributed by atoms with Gasteiger partial charge in [0.05, 0.1) is 6.20 Å². The van der Waals surface area contributed by atoms with Crippen LogP contribution in [0.4, 0.5) is 5.95 Å². The highest BCUT2D eigenvalue weighted by Gasteiger charge is 2.28. The zero-order valence-corrected chi connectivity index (χ0v) is 17.4. The van der Waals surface area contributed by atoms with Gasteiger partial charge in [-0.1, -0.05) is 55.4 Å². The summed E-state index contributed by atoms with van der Waals surface area (Å²) in [7, 11) is 0. The van der Waals surface area contributed by atoms with Crippen molar-refractivity contribution in [1.82, 2.24) is 19.6 Å². The van der Waals surface area contributed by atoms with Crippen molar-refractivity contribution in [3.8, 4) is 0 Å². The highest BCUT2D eigenvalue weighted by molar-refractivity contribution is 7.98. The molecule has 5 nitrogen and oxygen atoms in total. The molecule has 3 aromatic rings. The van der Waals surface area contributed by atoms with E-state index in [-0.39, 0.29) is 0 Å². The molecule has 0 unspecified atom stereocenters. The van der Waals surface area contributed by atoms with Crippen molar-refractivity contribution >= 4 is 28.9 Å². The molecule has 28 heavy (non-hydrogen) atoms. The molecule has 6 heteroatoms. The summed E-state index contributed by atoms with van der Waals surface area (Å²) in [5, 5.41) is 9.08. The van der Waals surface area contributed by atoms with Gasteiger partial charge in [0, 0.05) is 11.6 Å². The molecule has 2 aromatic heterocycles. The van der Waals surface area contributed by atoms with Crippen LogP contribution in [0.5, 0.6) is 0 Å². The third kappa shape index (κ3) is 2.91. The van der Waals surface area contributed by atoms with Gasteiger partial charge in [0.2, 0.25) is 5.95 Å². The number of rotatable bonds is 4. The highest BCUT2D eigenvalue weighted by atomic mass is 32.2. The van der Waals surface area contributed by atoms with Crippen LogP contribution < -0.4 is 5.32 Å². The molecule has 0 saturated heterocycles. The maximum atomic E-state index is 4.74. The number of fused-ring (bicyclic) bond motifs is 3. The number of hydrogen-bond acceptors (Lipinski definition) is 5. The molecular weight excluding hydrogens is 366 g/mol. The summed E-state index contributed by atoms with van der Waals surface area (Å²) >= 11 is 1.58. The zero-order valence-electron chi connectivity index (χ0n) is 16.6. The Balaban J connectivity index is 1.46. The molecule has 144 valence electrons. The van der Waals surface area contributed by atoms with E-state index in [2.05, 4.69) is 48.5 Å². The van der Waals surface area contributed by atoms with E-state index < -0.39 is 0 Å². The average molecular weight is 392 g/mol. The lowest BCUT2D eigenvalue weighted by molar-refractivity contribution is 0.623. The molecule has 0 radical (unpaired) electrons. The van der Waals surface area contributed by atoms with Crippen molar-refractivity contribution in [2.45, 2.75) is 56.6 Å². The Bertz CT molecular complexity index is 1080. The number of nitrogens with one attached hydrogen (secondary N) is 1. The molecule has 0 bridgehead atoms. The predicted molar refractivity (Wildman–Crippen MR) is 115 cm³/mol. The van der Waals surface area contributed by atoms with E-state index in [0.29, 0.717) is 12.0 Å². The molecule has 0 aliphatic heterocycles. The smallest absolute Gasteiger partial charge is 0.228 e. The maximum Gasteiger partial charge on any atom is 0.228 e. The van der Waals surface area contributed by atoms with Crippen LogP contribution in [0.25, 0.3) is 11.2 Å². The third-order valence-electron chi connectivity index (χ3n) is 5.93. The van der Waals surface area contributed by atoms with Crippen LogP contribution in [0, 0.1) is 0 Å². The van der Waals surface area contributed by atoms with Crippen molar-refractivity contribution < 1.29 is 0 Å². The first-order valence-electron chi connectivity index (χ1n) is 9.99. The van der Waals surface area contributed by atoms with E-state index in [1.807, 2.05) is 17.0 Å². The lowest BCUT2D eigenvalue weighted by Gasteiger charge is -2.26. The first kappa shape index (κ1) is 17.7. The molecule has 0 spiro atoms. The summed E-state index contributed by atoms with van der Waals surface area (Å²) in [4.78, 5) is 9.46. The largest absolute Gasteiger partial charge is 0.351 e. The first-order chi connectivity index (χ1) is 13.6. The minimum atomic E-state index is 0.365. The lowest BCUT2D eigenvalue weighted by atomic mass is 9.88. The molecule has 0 amide bonds. The van der Waals surface area contributed by atoms with Gasteiger partial charge in [-0.05, 0) is 54.6 Å². The second-order valence-electron chi connectivity index (χ2n) is 8.02. The number of anilines is 1. The van der Waals surface area contributed by atoms with E-state index in [9.17, 15) is 0 Å². The minimum Gasteiger partial charge on any atom is -0.351 e. The van der Waals surface area contributed by atoms with E-state index >= 15 is 0 Å². The summed E-state index contributed by atoms with van der Waals surface area (Å²) < 4.78 is 1.88. The van der Waals surface area contributed by atoms with E-state index in [1.54, 1.807) is 17.3 Å². The van der Waals surface area contributed by atoms with Gasteiger partial charge in [-0.25, -0.2) is 4.98 Å². The molecule has 2 aliphatic rings. The quantitative estimate of drug-likeness (QED) is 0.638. The Morgan fingerprint density at radius 2 is 2.07 bits per heavy atom. The molecule has 5 rings (SSSR count). The molecule has 1 N–H and O–H groups in total. The Hall–Kier alpha value is -2.34. The van der Waals surface area contributed by atoms with Crippen LogP contribution in [0.15, 0.2) is 41.2 Å². The fourth-order valence-electron chi connectivity index (χ4n) is 4.46. The number of thioether (sulfide) groups is 1. The molecule has 0 fully saturated rings. The van der Waals surface area contributed by atoms with Crippen LogP contribution in [-0.2, 0) is 6.42 Å². The number of benzene rings is 1. The Labute approximate surface area is 169 Å². The maximum absolute atomic E-state index is 4.74. The van der Waals surface area contributed by atoms with Crippen LogP contribution in [0.2, 0.25) is 0 Å². The number of allylic oxidation sites excluding steroid dienone is 1. The van der Waals surface area contributed by atoms with Crippen LogP contribution in [-0.4, -0.2) is 31.9 Å². The number of nitrogens with zero attached hydrogens (tertiary/aromatic N) is 4. The topological polar surface area (TPSA) is 55.1 Å². The van der Waals surface area contributed by atoms with Crippen molar-refractivity contribution in [1.29, 1.82) is 0 Å². The van der Waals surface area contributed by atoms with Crippen LogP contribution >= 0.6 is 11.8 Å². The predicted octanol–water partition coefficient (Wildman–Crippen LogP) is 4.94. The molecule has 2 heterocycles. The van der Waals surface area contributed by atoms with Gasteiger partial charge in [0.1, 0.15) is 0 Å². The average Bonchev–Trinajstić information content (AvgIpc) is 3.29. The highest BCUT2D eigenvalue weighted by Crippen LogP contribution is 2.42. The van der Waals surface area contributed by atoms with Gasteiger partial charge in [-0.15, -0.1) is 0 Å². The molecule has 1 atom stereocenters. The standard InChI is InChI=1S/C22H25N5S/c1-13(2)19-12-23-27-20(19)25-22(28-3)26-21(27)24-16-9-8-15-10-14-6-4-5-7-17(14)18(15)11-16/h4-7,12-13,16H,8-11H2,1-3H3,(H,24,25,26)/t16-/m1/s1. The van der Waals surface area contributed by atoms with Gasteiger partial charge in [0.15, 0.2) is 10.8 Å². The second-order valence-corrected chi connectivity index (χ2v) is 8.80. The monoisotopic (exact) mass is 391 g/mol. The van der Waals surface area contributed by atoms with Crippen molar-refractivity contribution in [2.75, 3.05) is 11.6 Å². The summed E-state index contributed by atoms with van der Waals surface area (Å²) in [6, 6.07) is 9.22. The zero-order chi connectivity index (χ0) is 19.3. The van der Waals surface area contributed by atoms with Crippen LogP contribution in [0.1, 0.15) is 55.7 Å². The molecule has 2 aliphatic carbocycles. The molecule has 0 saturated carbocycles. The van der Waals surface area contributed by atoms with Gasteiger partial charge in [-0.2, -0.15) is 14.6 Å².